The first kappa shape index (κ1) is 9.21. The predicted molar refractivity (Wildman–Crippen MR) is 54.5 cm³/mol. The highest BCUT2D eigenvalue weighted by Gasteiger charge is 2.21. The van der Waals surface area contributed by atoms with Crippen molar-refractivity contribution in [3.8, 4) is 0 Å². The van der Waals surface area contributed by atoms with Gasteiger partial charge < -0.3 is 0 Å². The molecule has 0 aromatic heterocycles. The molecule has 1 aliphatic heterocycles. The maximum absolute atomic E-state index is 11.0. The fourth-order valence-corrected chi connectivity index (χ4v) is 1.64. The second kappa shape index (κ2) is 3.80. The van der Waals surface area contributed by atoms with Crippen molar-refractivity contribution < 1.29 is 4.79 Å². The molecular weight excluding hydrogens is 176 g/mol. The molecule has 1 heterocycles. The molecule has 3 nitrogen and oxygen atoms in total. The van der Waals surface area contributed by atoms with Gasteiger partial charge in [0, 0.05) is 6.42 Å². The van der Waals surface area contributed by atoms with Crippen molar-refractivity contribution in [3.63, 3.8) is 0 Å². The number of amides is 1. The normalized spacial score (nSPS) is 20.9. The summed E-state index contributed by atoms with van der Waals surface area (Å²) in [4.78, 5) is 11.0. The number of hydrogen-bond donors (Lipinski definition) is 2. The van der Waals surface area contributed by atoms with Crippen molar-refractivity contribution in [2.75, 3.05) is 0 Å². The molecule has 2 N–H and O–H groups in total. The minimum Gasteiger partial charge on any atom is -0.291 e. The fraction of sp³-hybridized carbons (Fsp3) is 0.364. The van der Waals surface area contributed by atoms with Crippen LogP contribution in [0.1, 0.15) is 30.5 Å². The van der Waals surface area contributed by atoms with Crippen LogP contribution >= 0.6 is 0 Å². The van der Waals surface area contributed by atoms with E-state index in [4.69, 9.17) is 0 Å². The molecule has 14 heavy (non-hydrogen) atoms. The molecular formula is C11H14N2O. The maximum atomic E-state index is 11.0. The zero-order valence-electron chi connectivity index (χ0n) is 8.21. The summed E-state index contributed by atoms with van der Waals surface area (Å²) in [6.45, 7) is 2.13. The van der Waals surface area contributed by atoms with E-state index in [0.29, 0.717) is 6.42 Å². The highest BCUT2D eigenvalue weighted by Crippen LogP contribution is 2.19. The highest BCUT2D eigenvalue weighted by atomic mass is 16.2. The van der Waals surface area contributed by atoms with Gasteiger partial charge in [0.05, 0.1) is 6.04 Å². The van der Waals surface area contributed by atoms with Crippen molar-refractivity contribution in [2.45, 2.75) is 25.8 Å². The van der Waals surface area contributed by atoms with Crippen LogP contribution in [0.5, 0.6) is 0 Å². The molecule has 0 spiro atoms. The molecule has 0 unspecified atom stereocenters. The van der Waals surface area contributed by atoms with Gasteiger partial charge in [0.1, 0.15) is 0 Å². The lowest BCUT2D eigenvalue weighted by Gasteiger charge is -2.08. The second-order valence-electron chi connectivity index (χ2n) is 3.54. The number of carbonyl (C=O) groups is 1. The lowest BCUT2D eigenvalue weighted by Crippen LogP contribution is -2.27. The van der Waals surface area contributed by atoms with Gasteiger partial charge in [0.2, 0.25) is 5.91 Å². The summed E-state index contributed by atoms with van der Waals surface area (Å²) in [5.74, 6) is 0.0644. The molecule has 1 aromatic rings. The molecule has 2 rings (SSSR count). The molecule has 0 bridgehead atoms. The third-order valence-electron chi connectivity index (χ3n) is 2.57. The van der Waals surface area contributed by atoms with Gasteiger partial charge >= 0.3 is 0 Å². The largest absolute Gasteiger partial charge is 0.291 e. The molecule has 1 aliphatic rings. The summed E-state index contributed by atoms with van der Waals surface area (Å²) in [6, 6.07) is 8.51. The molecule has 1 atom stereocenters. The van der Waals surface area contributed by atoms with Gasteiger partial charge in [-0.25, -0.2) is 5.43 Å². The van der Waals surface area contributed by atoms with Crippen LogP contribution in [0, 0.1) is 0 Å². The molecule has 1 saturated heterocycles. The van der Waals surface area contributed by atoms with Crippen LogP contribution in [0.15, 0.2) is 24.3 Å². The third kappa shape index (κ3) is 1.77. The summed E-state index contributed by atoms with van der Waals surface area (Å²) in [5, 5.41) is 0. The van der Waals surface area contributed by atoms with Crippen LogP contribution < -0.4 is 10.9 Å². The molecule has 0 saturated carbocycles. The predicted octanol–water partition coefficient (Wildman–Crippen LogP) is 1.31. The Balaban J connectivity index is 2.13. The van der Waals surface area contributed by atoms with Crippen LogP contribution in [0.3, 0.4) is 0 Å². The van der Waals surface area contributed by atoms with Gasteiger partial charge in [-0.3, -0.25) is 10.2 Å². The first-order valence-corrected chi connectivity index (χ1v) is 4.93. The van der Waals surface area contributed by atoms with Crippen molar-refractivity contribution in [1.29, 1.82) is 0 Å². The van der Waals surface area contributed by atoms with Gasteiger partial charge in [-0.2, -0.15) is 0 Å². The van der Waals surface area contributed by atoms with E-state index in [1.165, 1.54) is 11.1 Å². The van der Waals surface area contributed by atoms with Gasteiger partial charge in [-0.15, -0.1) is 0 Å². The monoisotopic (exact) mass is 190 g/mol. The number of rotatable bonds is 2. The lowest BCUT2D eigenvalue weighted by molar-refractivity contribution is -0.119. The molecule has 1 fully saturated rings. The minimum absolute atomic E-state index is 0.0644. The Morgan fingerprint density at radius 2 is 2.07 bits per heavy atom. The van der Waals surface area contributed by atoms with Gasteiger partial charge in [0.25, 0.3) is 0 Å². The Kier molecular flexibility index (Phi) is 2.50. The van der Waals surface area contributed by atoms with E-state index in [2.05, 4.69) is 42.0 Å². The first-order chi connectivity index (χ1) is 6.79. The third-order valence-corrected chi connectivity index (χ3v) is 2.57. The average Bonchev–Trinajstić information content (AvgIpc) is 2.65. The molecule has 0 aliphatic carbocycles. The number of benzene rings is 1. The van der Waals surface area contributed by atoms with Crippen molar-refractivity contribution >= 4 is 5.91 Å². The Bertz CT molecular complexity index is 332. The van der Waals surface area contributed by atoms with E-state index in [9.17, 15) is 4.79 Å². The van der Waals surface area contributed by atoms with Crippen LogP contribution in [-0.2, 0) is 11.2 Å². The summed E-state index contributed by atoms with van der Waals surface area (Å²) in [7, 11) is 0. The van der Waals surface area contributed by atoms with Crippen LogP contribution in [0.2, 0.25) is 0 Å². The highest BCUT2D eigenvalue weighted by molar-refractivity contribution is 5.78. The molecule has 0 radical (unpaired) electrons. The van der Waals surface area contributed by atoms with Crippen LogP contribution in [0.25, 0.3) is 0 Å². The lowest BCUT2D eigenvalue weighted by atomic mass is 10.0. The van der Waals surface area contributed by atoms with Gasteiger partial charge in [0.15, 0.2) is 0 Å². The SMILES string of the molecule is CCc1ccc([C@@H]2CC(=O)NN2)cc1. The van der Waals surface area contributed by atoms with E-state index < -0.39 is 0 Å². The fourth-order valence-electron chi connectivity index (χ4n) is 1.64. The summed E-state index contributed by atoms with van der Waals surface area (Å²) < 4.78 is 0. The zero-order chi connectivity index (χ0) is 9.97. The zero-order valence-corrected chi connectivity index (χ0v) is 8.21. The van der Waals surface area contributed by atoms with E-state index in [1.807, 2.05) is 0 Å². The smallest absolute Gasteiger partial charge is 0.236 e. The van der Waals surface area contributed by atoms with E-state index in [-0.39, 0.29) is 11.9 Å². The average molecular weight is 190 g/mol. The first-order valence-electron chi connectivity index (χ1n) is 4.93. The molecule has 1 amide bonds. The number of hydrazine groups is 1. The van der Waals surface area contributed by atoms with E-state index in [0.717, 1.165) is 6.42 Å². The Labute approximate surface area is 83.5 Å². The summed E-state index contributed by atoms with van der Waals surface area (Å²) in [6.07, 6.45) is 1.58. The Hall–Kier alpha value is -1.35. The Morgan fingerprint density at radius 1 is 1.36 bits per heavy atom. The second-order valence-corrected chi connectivity index (χ2v) is 3.54. The standard InChI is InChI=1S/C11H14N2O/c1-2-8-3-5-9(6-4-8)10-7-11(14)13-12-10/h3-6,10,12H,2,7H2,1H3,(H,13,14)/t10-/m0/s1. The topological polar surface area (TPSA) is 41.1 Å². The molecule has 74 valence electrons. The van der Waals surface area contributed by atoms with Gasteiger partial charge in [-0.05, 0) is 17.5 Å². The molecule has 1 aromatic carbocycles. The molecule has 3 heteroatoms. The van der Waals surface area contributed by atoms with Gasteiger partial charge in [-0.1, -0.05) is 31.2 Å². The number of nitrogens with one attached hydrogen (secondary N) is 2. The number of aryl methyl sites for hydroxylation is 1. The van der Waals surface area contributed by atoms with E-state index >= 15 is 0 Å². The maximum Gasteiger partial charge on any atom is 0.236 e. The number of carbonyl (C=O) groups excluding carboxylic acids is 1. The number of hydrogen-bond acceptors (Lipinski definition) is 2. The quantitative estimate of drug-likeness (QED) is 0.738. The van der Waals surface area contributed by atoms with Crippen LogP contribution in [-0.4, -0.2) is 5.91 Å². The Morgan fingerprint density at radius 3 is 2.57 bits per heavy atom. The van der Waals surface area contributed by atoms with E-state index in [1.54, 1.807) is 0 Å². The van der Waals surface area contributed by atoms with Crippen molar-refractivity contribution in [2.24, 2.45) is 0 Å². The van der Waals surface area contributed by atoms with Crippen LogP contribution in [0.4, 0.5) is 0 Å². The van der Waals surface area contributed by atoms with Crippen molar-refractivity contribution in [3.05, 3.63) is 35.4 Å². The summed E-state index contributed by atoms with van der Waals surface area (Å²) in [5.41, 5.74) is 8.06. The summed E-state index contributed by atoms with van der Waals surface area (Å²) >= 11 is 0. The van der Waals surface area contributed by atoms with Crippen molar-refractivity contribution in [1.82, 2.24) is 10.9 Å². The minimum atomic E-state index is 0.0644.